The number of para-hydroxylation sites is 2. The summed E-state index contributed by atoms with van der Waals surface area (Å²) in [5.74, 6) is -0.0208. The second-order valence-corrected chi connectivity index (χ2v) is 8.79. The van der Waals surface area contributed by atoms with Crippen LogP contribution in [0.15, 0.2) is 53.3 Å². The van der Waals surface area contributed by atoms with E-state index in [1.165, 1.54) is 0 Å². The van der Waals surface area contributed by atoms with Crippen LogP contribution in [0.5, 0.6) is 0 Å². The van der Waals surface area contributed by atoms with E-state index in [-0.39, 0.29) is 18.0 Å². The number of benzene rings is 2. The molecule has 1 amide bonds. The van der Waals surface area contributed by atoms with Crippen LogP contribution in [0.25, 0.3) is 11.0 Å². The number of aromatic nitrogens is 4. The van der Waals surface area contributed by atoms with E-state index in [0.29, 0.717) is 24.7 Å². The molecule has 172 valence electrons. The number of aryl methyl sites for hydroxylation is 3. The number of hydrogen-bond donors (Lipinski definition) is 0. The number of halogens is 1. The number of imidazole rings is 1. The number of amides is 1. The van der Waals surface area contributed by atoms with Gasteiger partial charge in [0.15, 0.2) is 0 Å². The minimum Gasteiger partial charge on any atom is -0.341 e. The monoisotopic (exact) mass is 465 g/mol. The van der Waals surface area contributed by atoms with Gasteiger partial charge in [-0.05, 0) is 37.6 Å². The number of rotatable bonds is 7. The molecule has 0 fully saturated rings. The van der Waals surface area contributed by atoms with Crippen LogP contribution >= 0.6 is 11.6 Å². The van der Waals surface area contributed by atoms with Crippen molar-refractivity contribution in [2.45, 2.75) is 39.9 Å². The first kappa shape index (κ1) is 22.9. The van der Waals surface area contributed by atoms with Gasteiger partial charge in [-0.3, -0.25) is 18.6 Å². The summed E-state index contributed by atoms with van der Waals surface area (Å²) in [5.41, 5.74) is 5.52. The summed E-state index contributed by atoms with van der Waals surface area (Å²) < 4.78 is 5.21. The van der Waals surface area contributed by atoms with Crippen LogP contribution in [0.4, 0.5) is 0 Å². The smallest absolute Gasteiger partial charge is 0.328 e. The molecule has 0 aliphatic heterocycles. The summed E-state index contributed by atoms with van der Waals surface area (Å²) in [5, 5.41) is 5.38. The van der Waals surface area contributed by atoms with Crippen molar-refractivity contribution in [2.24, 2.45) is 7.05 Å². The SMILES string of the molecule is Cc1nn(Cc2ccccc2Cl)c(C)c1CN(C)C(=O)CCn1c(=O)n(C)c2ccccc21. The van der Waals surface area contributed by atoms with Gasteiger partial charge in [-0.1, -0.05) is 41.9 Å². The van der Waals surface area contributed by atoms with E-state index in [0.717, 1.165) is 33.5 Å². The third kappa shape index (κ3) is 4.46. The Morgan fingerprint density at radius 2 is 1.73 bits per heavy atom. The Kier molecular flexibility index (Phi) is 6.42. The zero-order valence-corrected chi connectivity index (χ0v) is 20.1. The second-order valence-electron chi connectivity index (χ2n) is 8.38. The number of carbonyl (C=O) groups excluding carboxylic acids is 1. The summed E-state index contributed by atoms with van der Waals surface area (Å²) in [6.45, 7) is 5.35. The van der Waals surface area contributed by atoms with Gasteiger partial charge in [-0.25, -0.2) is 4.79 Å². The molecule has 0 aliphatic rings. The van der Waals surface area contributed by atoms with Gasteiger partial charge < -0.3 is 4.90 Å². The molecule has 0 unspecified atom stereocenters. The molecule has 2 aromatic heterocycles. The third-order valence-electron chi connectivity index (χ3n) is 6.23. The first-order chi connectivity index (χ1) is 15.8. The molecule has 4 rings (SSSR count). The minimum absolute atomic E-state index is 0.0208. The van der Waals surface area contributed by atoms with E-state index in [4.69, 9.17) is 11.6 Å². The van der Waals surface area contributed by atoms with Crippen LogP contribution < -0.4 is 5.69 Å². The quantitative estimate of drug-likeness (QED) is 0.415. The number of carbonyl (C=O) groups is 1. The summed E-state index contributed by atoms with van der Waals surface area (Å²) in [4.78, 5) is 27.2. The average molecular weight is 466 g/mol. The van der Waals surface area contributed by atoms with Crippen molar-refractivity contribution >= 4 is 28.5 Å². The summed E-state index contributed by atoms with van der Waals surface area (Å²) in [7, 11) is 3.54. The Labute approximate surface area is 197 Å². The van der Waals surface area contributed by atoms with E-state index in [9.17, 15) is 9.59 Å². The van der Waals surface area contributed by atoms with Gasteiger partial charge in [0, 0.05) is 49.9 Å². The summed E-state index contributed by atoms with van der Waals surface area (Å²) in [6.07, 6.45) is 0.246. The lowest BCUT2D eigenvalue weighted by atomic mass is 10.1. The molecule has 2 heterocycles. The topological polar surface area (TPSA) is 65.1 Å². The largest absolute Gasteiger partial charge is 0.341 e. The highest BCUT2D eigenvalue weighted by atomic mass is 35.5. The molecule has 0 atom stereocenters. The lowest BCUT2D eigenvalue weighted by molar-refractivity contribution is -0.130. The van der Waals surface area contributed by atoms with Crippen molar-refractivity contribution in [2.75, 3.05) is 7.05 Å². The van der Waals surface area contributed by atoms with Crippen molar-refractivity contribution in [3.63, 3.8) is 0 Å². The fourth-order valence-corrected chi connectivity index (χ4v) is 4.40. The molecule has 2 aromatic carbocycles. The zero-order valence-electron chi connectivity index (χ0n) is 19.4. The van der Waals surface area contributed by atoms with Crippen LogP contribution in [0.1, 0.15) is 28.9 Å². The Morgan fingerprint density at radius 1 is 1.06 bits per heavy atom. The Hall–Kier alpha value is -3.32. The van der Waals surface area contributed by atoms with Crippen LogP contribution in [-0.4, -0.2) is 36.8 Å². The molecule has 0 radical (unpaired) electrons. The van der Waals surface area contributed by atoms with Gasteiger partial charge in [-0.2, -0.15) is 5.10 Å². The molecule has 0 saturated carbocycles. The molecule has 0 spiro atoms. The van der Waals surface area contributed by atoms with Gasteiger partial charge in [0.25, 0.3) is 0 Å². The van der Waals surface area contributed by atoms with Crippen molar-refractivity contribution < 1.29 is 4.79 Å². The summed E-state index contributed by atoms with van der Waals surface area (Å²) >= 11 is 6.31. The molecule has 4 aromatic rings. The second kappa shape index (κ2) is 9.27. The molecule has 0 saturated heterocycles. The predicted octanol–water partition coefficient (Wildman–Crippen LogP) is 3.90. The maximum Gasteiger partial charge on any atom is 0.328 e. The van der Waals surface area contributed by atoms with E-state index in [1.54, 1.807) is 28.1 Å². The van der Waals surface area contributed by atoms with Crippen molar-refractivity contribution in [3.05, 3.63) is 86.6 Å². The van der Waals surface area contributed by atoms with Gasteiger partial charge >= 0.3 is 5.69 Å². The average Bonchev–Trinajstić information content (AvgIpc) is 3.21. The van der Waals surface area contributed by atoms with E-state index >= 15 is 0 Å². The minimum atomic E-state index is -0.112. The molecular weight excluding hydrogens is 438 g/mol. The maximum absolute atomic E-state index is 12.9. The zero-order chi connectivity index (χ0) is 23.7. The standard InChI is InChI=1S/C25H28ClN5O2/c1-17-20(18(2)31(27-17)15-19-9-5-6-10-21(19)26)16-28(3)24(32)13-14-30-23-12-8-7-11-22(23)29(4)25(30)33/h5-12H,13-16H2,1-4H3. The summed E-state index contributed by atoms with van der Waals surface area (Å²) in [6, 6.07) is 15.4. The van der Waals surface area contributed by atoms with Crippen molar-refractivity contribution in [1.82, 2.24) is 23.8 Å². The fourth-order valence-electron chi connectivity index (χ4n) is 4.21. The molecular formula is C25H28ClN5O2. The molecule has 8 heteroatoms. The number of fused-ring (bicyclic) bond motifs is 1. The van der Waals surface area contributed by atoms with Gasteiger partial charge in [-0.15, -0.1) is 0 Å². The van der Waals surface area contributed by atoms with Crippen LogP contribution in [-0.2, 0) is 31.5 Å². The highest BCUT2D eigenvalue weighted by molar-refractivity contribution is 6.31. The lowest BCUT2D eigenvalue weighted by Gasteiger charge is -2.18. The van der Waals surface area contributed by atoms with Crippen molar-refractivity contribution in [1.29, 1.82) is 0 Å². The Balaban J connectivity index is 1.46. The van der Waals surface area contributed by atoms with Crippen molar-refractivity contribution in [3.8, 4) is 0 Å². The van der Waals surface area contributed by atoms with Crippen LogP contribution in [0.3, 0.4) is 0 Å². The predicted molar refractivity (Wildman–Crippen MR) is 131 cm³/mol. The molecule has 7 nitrogen and oxygen atoms in total. The Bertz CT molecular complexity index is 1380. The molecule has 33 heavy (non-hydrogen) atoms. The number of hydrogen-bond acceptors (Lipinski definition) is 3. The number of nitrogens with zero attached hydrogens (tertiary/aromatic N) is 5. The van der Waals surface area contributed by atoms with Gasteiger partial charge in [0.2, 0.25) is 5.91 Å². The molecule has 0 aliphatic carbocycles. The molecule has 0 N–H and O–H groups in total. The first-order valence-electron chi connectivity index (χ1n) is 10.9. The third-order valence-corrected chi connectivity index (χ3v) is 6.60. The van der Waals surface area contributed by atoms with Gasteiger partial charge in [0.1, 0.15) is 0 Å². The van der Waals surface area contributed by atoms with Crippen LogP contribution in [0.2, 0.25) is 5.02 Å². The van der Waals surface area contributed by atoms with E-state index < -0.39 is 0 Å². The Morgan fingerprint density at radius 3 is 2.45 bits per heavy atom. The van der Waals surface area contributed by atoms with Gasteiger partial charge in [0.05, 0.1) is 23.3 Å². The maximum atomic E-state index is 12.9. The van der Waals surface area contributed by atoms with Crippen LogP contribution in [0, 0.1) is 13.8 Å². The molecule has 0 bridgehead atoms. The highest BCUT2D eigenvalue weighted by Gasteiger charge is 2.18. The normalized spacial score (nSPS) is 11.3. The first-order valence-corrected chi connectivity index (χ1v) is 11.3. The highest BCUT2D eigenvalue weighted by Crippen LogP contribution is 2.21. The fraction of sp³-hybridized carbons (Fsp3) is 0.320. The van der Waals surface area contributed by atoms with E-state index in [1.807, 2.05) is 67.1 Å². The lowest BCUT2D eigenvalue weighted by Crippen LogP contribution is -2.29. The van der Waals surface area contributed by atoms with E-state index in [2.05, 4.69) is 5.10 Å².